The first-order chi connectivity index (χ1) is 13.0. The number of carbonyl (C=O) groups excluding carboxylic acids is 1. The van der Waals surface area contributed by atoms with Crippen molar-refractivity contribution in [3.63, 3.8) is 0 Å². The fourth-order valence-corrected chi connectivity index (χ4v) is 4.76. The summed E-state index contributed by atoms with van der Waals surface area (Å²) in [5.74, 6) is -0.0277. The van der Waals surface area contributed by atoms with Crippen molar-refractivity contribution in [1.29, 1.82) is 0 Å². The molecule has 27 heavy (non-hydrogen) atoms. The van der Waals surface area contributed by atoms with Gasteiger partial charge in [-0.25, -0.2) is 13.1 Å². The van der Waals surface area contributed by atoms with E-state index in [9.17, 15) is 13.2 Å². The lowest BCUT2D eigenvalue weighted by Crippen LogP contribution is -2.25. The molecule has 2 aromatic carbocycles. The van der Waals surface area contributed by atoms with Gasteiger partial charge < -0.3 is 5.32 Å². The van der Waals surface area contributed by atoms with Crippen molar-refractivity contribution in [2.45, 2.75) is 55.9 Å². The molecule has 0 aromatic heterocycles. The largest absolute Gasteiger partial charge is 0.326 e. The van der Waals surface area contributed by atoms with Crippen molar-refractivity contribution < 1.29 is 13.2 Å². The Hall–Kier alpha value is -2.18. The van der Waals surface area contributed by atoms with Crippen LogP contribution in [0.2, 0.25) is 0 Å². The quantitative estimate of drug-likeness (QED) is 0.770. The molecule has 0 spiro atoms. The van der Waals surface area contributed by atoms with Crippen LogP contribution in [0.15, 0.2) is 47.4 Å². The Morgan fingerprint density at radius 3 is 2.48 bits per heavy atom. The predicted molar refractivity (Wildman–Crippen MR) is 105 cm³/mol. The van der Waals surface area contributed by atoms with Crippen molar-refractivity contribution >= 4 is 21.6 Å². The lowest BCUT2D eigenvalue weighted by molar-refractivity contribution is -0.116. The first-order valence-electron chi connectivity index (χ1n) is 9.52. The molecule has 2 aromatic rings. The van der Waals surface area contributed by atoms with Crippen LogP contribution in [0, 0.1) is 0 Å². The molecule has 6 heteroatoms. The van der Waals surface area contributed by atoms with E-state index in [4.69, 9.17) is 0 Å². The number of benzene rings is 2. The van der Waals surface area contributed by atoms with Crippen LogP contribution in [0.4, 0.5) is 5.69 Å². The van der Waals surface area contributed by atoms with Crippen LogP contribution in [0.1, 0.15) is 42.4 Å². The van der Waals surface area contributed by atoms with Gasteiger partial charge in [-0.15, -0.1) is 0 Å². The predicted octanol–water partition coefficient (Wildman–Crippen LogP) is 3.19. The molecule has 1 saturated carbocycles. The van der Waals surface area contributed by atoms with Crippen molar-refractivity contribution in [1.82, 2.24) is 4.72 Å². The number of nitrogens with one attached hydrogen (secondary N) is 2. The molecule has 0 radical (unpaired) electrons. The summed E-state index contributed by atoms with van der Waals surface area (Å²) in [6.07, 6.45) is 6.17. The molecule has 0 bridgehead atoms. The van der Waals surface area contributed by atoms with Crippen molar-refractivity contribution in [2.24, 2.45) is 0 Å². The summed E-state index contributed by atoms with van der Waals surface area (Å²) in [6.45, 7) is 0. The monoisotopic (exact) mass is 384 g/mol. The molecule has 142 valence electrons. The number of amides is 1. The number of rotatable bonds is 7. The highest BCUT2D eigenvalue weighted by Gasteiger charge is 2.27. The van der Waals surface area contributed by atoms with Gasteiger partial charge in [0.2, 0.25) is 15.9 Å². The minimum atomic E-state index is -3.42. The second-order valence-electron chi connectivity index (χ2n) is 7.42. The Kier molecular flexibility index (Phi) is 5.02. The van der Waals surface area contributed by atoms with Crippen molar-refractivity contribution in [3.8, 4) is 0 Å². The smallest absolute Gasteiger partial charge is 0.240 e. The van der Waals surface area contributed by atoms with Gasteiger partial charge in [-0.3, -0.25) is 4.79 Å². The molecule has 0 saturated heterocycles. The summed E-state index contributed by atoms with van der Waals surface area (Å²) in [7, 11) is -3.42. The second-order valence-corrected chi connectivity index (χ2v) is 9.14. The number of sulfonamides is 1. The number of hydrogen-bond donors (Lipinski definition) is 2. The number of aryl methyl sites for hydroxylation is 3. The summed E-state index contributed by atoms with van der Waals surface area (Å²) in [6, 6.07) is 13.0. The molecule has 0 atom stereocenters. The summed E-state index contributed by atoms with van der Waals surface area (Å²) in [5, 5.41) is 2.96. The minimum absolute atomic E-state index is 0.0277. The topological polar surface area (TPSA) is 75.3 Å². The zero-order valence-corrected chi connectivity index (χ0v) is 16.0. The minimum Gasteiger partial charge on any atom is -0.326 e. The molecule has 2 aliphatic rings. The van der Waals surface area contributed by atoms with Crippen LogP contribution in [0.25, 0.3) is 0 Å². The molecule has 4 rings (SSSR count). The third kappa shape index (κ3) is 4.57. The SMILES string of the molecule is O=C(CCc1ccc(S(=O)(=O)NC2CC2)cc1)Nc1ccc2c(c1)CCC2. The Morgan fingerprint density at radius 2 is 1.74 bits per heavy atom. The lowest BCUT2D eigenvalue weighted by atomic mass is 10.1. The number of anilines is 1. The van der Waals surface area contributed by atoms with E-state index in [1.165, 1.54) is 17.5 Å². The molecule has 1 fully saturated rings. The van der Waals surface area contributed by atoms with Gasteiger partial charge >= 0.3 is 0 Å². The van der Waals surface area contributed by atoms with Gasteiger partial charge in [0.1, 0.15) is 0 Å². The van der Waals surface area contributed by atoms with Crippen LogP contribution in [-0.4, -0.2) is 20.4 Å². The summed E-state index contributed by atoms with van der Waals surface area (Å²) >= 11 is 0. The molecule has 2 aliphatic carbocycles. The van der Waals surface area contributed by atoms with Crippen LogP contribution < -0.4 is 10.0 Å². The maximum atomic E-state index is 12.2. The maximum absolute atomic E-state index is 12.2. The van der Waals surface area contributed by atoms with Crippen molar-refractivity contribution in [2.75, 3.05) is 5.32 Å². The highest BCUT2D eigenvalue weighted by atomic mass is 32.2. The average molecular weight is 385 g/mol. The zero-order valence-electron chi connectivity index (χ0n) is 15.2. The van der Waals surface area contributed by atoms with Crippen LogP contribution in [-0.2, 0) is 34.1 Å². The molecule has 0 unspecified atom stereocenters. The van der Waals surface area contributed by atoms with Gasteiger partial charge in [0.05, 0.1) is 4.90 Å². The Bertz CT molecular complexity index is 948. The standard InChI is InChI=1S/C21H24N2O3S/c24-21(22-19-8-7-16-2-1-3-17(16)14-19)13-6-15-4-11-20(12-5-15)27(25,26)23-18-9-10-18/h4-5,7-8,11-12,14,18,23H,1-3,6,9-10,13H2,(H,22,24). The van der Waals surface area contributed by atoms with Crippen LogP contribution in [0.5, 0.6) is 0 Å². The molecular formula is C21H24N2O3S. The van der Waals surface area contributed by atoms with E-state index in [-0.39, 0.29) is 16.8 Å². The van der Waals surface area contributed by atoms with Gasteiger partial charge in [0.25, 0.3) is 0 Å². The first kappa shape index (κ1) is 18.2. The summed E-state index contributed by atoms with van der Waals surface area (Å²) in [5.41, 5.74) is 4.53. The van der Waals surface area contributed by atoms with Crippen molar-refractivity contribution in [3.05, 3.63) is 59.2 Å². The molecule has 5 nitrogen and oxygen atoms in total. The van der Waals surface area contributed by atoms with E-state index in [2.05, 4.69) is 22.2 Å². The Morgan fingerprint density at radius 1 is 1.00 bits per heavy atom. The van der Waals surface area contributed by atoms with E-state index >= 15 is 0 Å². The van der Waals surface area contributed by atoms with Gasteiger partial charge in [0.15, 0.2) is 0 Å². The fourth-order valence-electron chi connectivity index (χ4n) is 3.45. The van der Waals surface area contributed by atoms with Crippen LogP contribution >= 0.6 is 0 Å². The van der Waals surface area contributed by atoms with Gasteiger partial charge in [-0.2, -0.15) is 0 Å². The Labute approximate surface area is 160 Å². The molecular weight excluding hydrogens is 360 g/mol. The summed E-state index contributed by atoms with van der Waals surface area (Å²) < 4.78 is 27.0. The van der Waals surface area contributed by atoms with Gasteiger partial charge in [-0.05, 0) is 79.5 Å². The number of fused-ring (bicyclic) bond motifs is 1. The molecule has 0 heterocycles. The van der Waals surface area contributed by atoms with Gasteiger partial charge in [0, 0.05) is 18.2 Å². The highest BCUT2D eigenvalue weighted by molar-refractivity contribution is 7.89. The normalized spacial score (nSPS) is 16.1. The molecule has 0 aliphatic heterocycles. The van der Waals surface area contributed by atoms with E-state index < -0.39 is 10.0 Å². The number of hydrogen-bond acceptors (Lipinski definition) is 3. The maximum Gasteiger partial charge on any atom is 0.240 e. The third-order valence-corrected chi connectivity index (χ3v) is 6.69. The van der Waals surface area contributed by atoms with E-state index in [1.807, 2.05) is 6.07 Å². The molecule has 2 N–H and O–H groups in total. The number of carbonyl (C=O) groups is 1. The lowest BCUT2D eigenvalue weighted by Gasteiger charge is -2.09. The highest BCUT2D eigenvalue weighted by Crippen LogP contribution is 2.25. The Balaban J connectivity index is 1.31. The summed E-state index contributed by atoms with van der Waals surface area (Å²) in [4.78, 5) is 12.5. The average Bonchev–Trinajstić information content (AvgIpc) is 3.32. The third-order valence-electron chi connectivity index (χ3n) is 5.16. The first-order valence-corrected chi connectivity index (χ1v) is 11.0. The zero-order chi connectivity index (χ0) is 18.9. The van der Waals surface area contributed by atoms with Crippen LogP contribution in [0.3, 0.4) is 0 Å². The van der Waals surface area contributed by atoms with E-state index in [0.717, 1.165) is 36.9 Å². The second kappa shape index (κ2) is 7.44. The van der Waals surface area contributed by atoms with Gasteiger partial charge in [-0.1, -0.05) is 18.2 Å². The van der Waals surface area contributed by atoms with E-state index in [0.29, 0.717) is 12.8 Å². The van der Waals surface area contributed by atoms with E-state index in [1.54, 1.807) is 24.3 Å². The fraction of sp³-hybridized carbons (Fsp3) is 0.381. The molecule has 1 amide bonds.